The predicted octanol–water partition coefficient (Wildman–Crippen LogP) is 1.14. The number of hydrogen-bond acceptors (Lipinski definition) is 8. The minimum atomic E-state index is -3.74. The number of nitrogens with one attached hydrogen (secondary N) is 1. The van der Waals surface area contributed by atoms with Crippen LogP contribution in [0.25, 0.3) is 0 Å². The minimum absolute atomic E-state index is 0.0894. The Morgan fingerprint density at radius 2 is 2.12 bits per heavy atom. The van der Waals surface area contributed by atoms with Gasteiger partial charge in [0, 0.05) is 10.9 Å². The first kappa shape index (κ1) is 16.1. The third-order valence-electron chi connectivity index (χ3n) is 2.99. The molecule has 0 aliphatic carbocycles. The van der Waals surface area contributed by atoms with Crippen LogP contribution >= 0.6 is 11.3 Å². The first-order chi connectivity index (χ1) is 11.4. The number of carbonyl (C=O) groups is 1. The Morgan fingerprint density at radius 1 is 1.38 bits per heavy atom. The van der Waals surface area contributed by atoms with Gasteiger partial charge in [-0.1, -0.05) is 17.3 Å². The largest absolute Gasteiger partial charge is 0.476 e. The zero-order chi connectivity index (χ0) is 17.3. The monoisotopic (exact) mass is 366 g/mol. The van der Waals surface area contributed by atoms with E-state index < -0.39 is 16.0 Å². The Balaban J connectivity index is 1.92. The third-order valence-corrected chi connectivity index (χ3v) is 5.08. The molecule has 0 spiro atoms. The molecule has 124 valence electrons. The summed E-state index contributed by atoms with van der Waals surface area (Å²) in [4.78, 5) is 19.8. The standard InChI is InChI=1S/C13H10N4O5S2/c1-22-16-10(12(18)19)8-6-23-13(14-8)15-11-7-4-2-3-5-9(7)24(20,21)17-11/h2-6H,1H3,(H,18,19)(H,14,15,17)/b16-10+. The van der Waals surface area contributed by atoms with Gasteiger partial charge in [-0.15, -0.1) is 15.7 Å². The lowest BCUT2D eigenvalue weighted by molar-refractivity contribution is -0.129. The van der Waals surface area contributed by atoms with E-state index in [2.05, 4.69) is 24.7 Å². The molecular formula is C13H10N4O5S2. The van der Waals surface area contributed by atoms with Crippen LogP contribution < -0.4 is 5.32 Å². The number of aromatic nitrogens is 1. The van der Waals surface area contributed by atoms with Crippen molar-refractivity contribution in [2.75, 3.05) is 12.4 Å². The highest BCUT2D eigenvalue weighted by molar-refractivity contribution is 7.90. The molecule has 2 aromatic rings. The highest BCUT2D eigenvalue weighted by Gasteiger charge is 2.29. The topological polar surface area (TPSA) is 130 Å². The summed E-state index contributed by atoms with van der Waals surface area (Å²) in [7, 11) is -2.52. The van der Waals surface area contributed by atoms with Crippen molar-refractivity contribution >= 4 is 44.0 Å². The molecule has 0 radical (unpaired) electrons. The van der Waals surface area contributed by atoms with Crippen LogP contribution in [0.3, 0.4) is 0 Å². The van der Waals surface area contributed by atoms with Crippen molar-refractivity contribution in [2.45, 2.75) is 4.90 Å². The number of carboxylic acid groups (broad SMARTS) is 1. The van der Waals surface area contributed by atoms with E-state index in [1.807, 2.05) is 0 Å². The van der Waals surface area contributed by atoms with Crippen LogP contribution in [0.4, 0.5) is 5.13 Å². The highest BCUT2D eigenvalue weighted by Crippen LogP contribution is 2.27. The molecule has 0 saturated carbocycles. The molecule has 11 heteroatoms. The van der Waals surface area contributed by atoms with Gasteiger partial charge in [-0.25, -0.2) is 9.78 Å². The summed E-state index contributed by atoms with van der Waals surface area (Å²) in [6.07, 6.45) is 0. The maximum atomic E-state index is 12.0. The maximum absolute atomic E-state index is 12.0. The van der Waals surface area contributed by atoms with E-state index in [9.17, 15) is 13.2 Å². The molecule has 0 saturated heterocycles. The molecule has 0 bridgehead atoms. The molecule has 1 aliphatic heterocycles. The van der Waals surface area contributed by atoms with Crippen LogP contribution in [0, 0.1) is 0 Å². The Kier molecular flexibility index (Phi) is 4.03. The van der Waals surface area contributed by atoms with E-state index in [1.165, 1.54) is 18.6 Å². The molecule has 1 aliphatic rings. The molecule has 3 rings (SSSR count). The average molecular weight is 366 g/mol. The Bertz CT molecular complexity index is 978. The summed E-state index contributed by atoms with van der Waals surface area (Å²) in [5, 5.41) is 17.0. The van der Waals surface area contributed by atoms with Gasteiger partial charge in [0.25, 0.3) is 10.0 Å². The quantitative estimate of drug-likeness (QED) is 0.613. The lowest BCUT2D eigenvalue weighted by atomic mass is 10.2. The van der Waals surface area contributed by atoms with Gasteiger partial charge in [-0.05, 0) is 12.1 Å². The van der Waals surface area contributed by atoms with Crippen molar-refractivity contribution in [1.29, 1.82) is 0 Å². The van der Waals surface area contributed by atoms with E-state index in [0.29, 0.717) is 5.56 Å². The van der Waals surface area contributed by atoms with E-state index in [1.54, 1.807) is 18.2 Å². The van der Waals surface area contributed by atoms with Gasteiger partial charge >= 0.3 is 5.97 Å². The third kappa shape index (κ3) is 2.86. The number of amidine groups is 1. The lowest BCUT2D eigenvalue weighted by Crippen LogP contribution is -2.16. The number of fused-ring (bicyclic) bond motifs is 1. The van der Waals surface area contributed by atoms with Crippen molar-refractivity contribution in [3.05, 3.63) is 40.9 Å². The molecule has 1 aromatic carbocycles. The Morgan fingerprint density at radius 3 is 2.83 bits per heavy atom. The van der Waals surface area contributed by atoms with Gasteiger partial charge in [-0.3, -0.25) is 0 Å². The van der Waals surface area contributed by atoms with Crippen LogP contribution in [0.5, 0.6) is 0 Å². The molecule has 1 aromatic heterocycles. The SMILES string of the molecule is CO/N=C(/C(=O)O)c1csc(NC2=NS(=O)(=O)c3ccccc32)n1. The second kappa shape index (κ2) is 6.02. The minimum Gasteiger partial charge on any atom is -0.476 e. The zero-order valence-electron chi connectivity index (χ0n) is 12.1. The Labute approximate surface area is 140 Å². The summed E-state index contributed by atoms with van der Waals surface area (Å²) >= 11 is 1.09. The zero-order valence-corrected chi connectivity index (χ0v) is 13.8. The van der Waals surface area contributed by atoms with E-state index >= 15 is 0 Å². The molecule has 2 N–H and O–H groups in total. The molecule has 0 unspecified atom stereocenters. The fourth-order valence-electron chi connectivity index (χ4n) is 2.02. The Hall–Kier alpha value is -2.79. The summed E-state index contributed by atoms with van der Waals surface area (Å²) in [6, 6.07) is 6.38. The van der Waals surface area contributed by atoms with Crippen molar-refractivity contribution in [3.8, 4) is 0 Å². The maximum Gasteiger partial charge on any atom is 0.360 e. The van der Waals surface area contributed by atoms with Gasteiger partial charge in [0.15, 0.2) is 11.0 Å². The number of carboxylic acids is 1. The molecule has 2 heterocycles. The summed E-state index contributed by atoms with van der Waals surface area (Å²) in [5.41, 5.74) is 0.160. The van der Waals surface area contributed by atoms with Crippen LogP contribution in [0.1, 0.15) is 11.3 Å². The van der Waals surface area contributed by atoms with Gasteiger partial charge < -0.3 is 15.3 Å². The lowest BCUT2D eigenvalue weighted by Gasteiger charge is -2.02. The van der Waals surface area contributed by atoms with Crippen LogP contribution in [0.15, 0.2) is 44.1 Å². The molecular weight excluding hydrogens is 356 g/mol. The molecule has 0 fully saturated rings. The predicted molar refractivity (Wildman–Crippen MR) is 87.1 cm³/mol. The van der Waals surface area contributed by atoms with Gasteiger partial charge in [-0.2, -0.15) is 8.42 Å². The second-order valence-corrected chi connectivity index (χ2v) is 6.93. The van der Waals surface area contributed by atoms with Crippen molar-refractivity contribution in [3.63, 3.8) is 0 Å². The number of aliphatic carboxylic acids is 1. The van der Waals surface area contributed by atoms with Crippen molar-refractivity contribution in [2.24, 2.45) is 9.55 Å². The van der Waals surface area contributed by atoms with Crippen molar-refractivity contribution in [1.82, 2.24) is 4.98 Å². The van der Waals surface area contributed by atoms with E-state index in [4.69, 9.17) is 5.11 Å². The first-order valence-corrected chi connectivity index (χ1v) is 8.76. The second-order valence-electron chi connectivity index (χ2n) is 4.50. The number of sulfonamides is 1. The number of benzene rings is 1. The fraction of sp³-hybridized carbons (Fsp3) is 0.0769. The van der Waals surface area contributed by atoms with Gasteiger partial charge in [0.1, 0.15) is 17.7 Å². The number of rotatable bonds is 4. The van der Waals surface area contributed by atoms with Crippen molar-refractivity contribution < 1.29 is 23.2 Å². The first-order valence-electron chi connectivity index (χ1n) is 6.44. The van der Waals surface area contributed by atoms with Gasteiger partial charge in [0.05, 0.1) is 0 Å². The molecule has 24 heavy (non-hydrogen) atoms. The summed E-state index contributed by atoms with van der Waals surface area (Å²) in [6.45, 7) is 0. The number of anilines is 1. The van der Waals surface area contributed by atoms with Gasteiger partial charge in [0.2, 0.25) is 5.71 Å². The highest BCUT2D eigenvalue weighted by atomic mass is 32.2. The number of thiazole rings is 1. The number of nitrogens with zero attached hydrogens (tertiary/aromatic N) is 3. The molecule has 9 nitrogen and oxygen atoms in total. The van der Waals surface area contributed by atoms with E-state index in [-0.39, 0.29) is 27.3 Å². The molecule has 0 amide bonds. The van der Waals surface area contributed by atoms with Crippen LogP contribution in [0.2, 0.25) is 0 Å². The summed E-state index contributed by atoms with van der Waals surface area (Å²) in [5.74, 6) is -1.16. The number of hydrogen-bond donors (Lipinski definition) is 2. The average Bonchev–Trinajstić information content (AvgIpc) is 3.08. The smallest absolute Gasteiger partial charge is 0.360 e. The normalized spacial score (nSPS) is 15.5. The summed E-state index contributed by atoms with van der Waals surface area (Å²) < 4.78 is 27.6. The van der Waals surface area contributed by atoms with Crippen LogP contribution in [-0.2, 0) is 19.7 Å². The number of oxime groups is 1. The fourth-order valence-corrected chi connectivity index (χ4v) is 3.89. The van der Waals surface area contributed by atoms with E-state index in [0.717, 1.165) is 11.3 Å². The van der Waals surface area contributed by atoms with Crippen LogP contribution in [-0.4, -0.2) is 43.1 Å². The molecule has 0 atom stereocenters.